The van der Waals surface area contributed by atoms with Gasteiger partial charge in [-0.2, -0.15) is 0 Å². The summed E-state index contributed by atoms with van der Waals surface area (Å²) in [7, 11) is 0. The van der Waals surface area contributed by atoms with Gasteiger partial charge >= 0.3 is 0 Å². The third-order valence-corrected chi connectivity index (χ3v) is 3.22. The molecule has 0 unspecified atom stereocenters. The number of piperazine rings is 1. The van der Waals surface area contributed by atoms with Crippen molar-refractivity contribution in [2.45, 2.75) is 19.9 Å². The van der Waals surface area contributed by atoms with E-state index in [1.165, 1.54) is 0 Å². The molecule has 0 spiro atoms. The molecule has 1 saturated heterocycles. The highest BCUT2D eigenvalue weighted by Gasteiger charge is 2.18. The summed E-state index contributed by atoms with van der Waals surface area (Å²) in [6, 6.07) is 6.95. The van der Waals surface area contributed by atoms with Crippen molar-refractivity contribution >= 4 is 11.8 Å². The van der Waals surface area contributed by atoms with Gasteiger partial charge < -0.3 is 15.5 Å². The Morgan fingerprint density at radius 2 is 1.65 bits per heavy atom. The first-order chi connectivity index (χ1) is 9.58. The van der Waals surface area contributed by atoms with Gasteiger partial charge in [0.1, 0.15) is 0 Å². The standard InChI is InChI=1S/C15H21N3O2/c1-11(2)17-14(19)12-3-5-13(6-4-12)15(20)18-9-7-16-8-10-18/h3-6,11,16H,7-10H2,1-2H3,(H,17,19). The van der Waals surface area contributed by atoms with Crippen molar-refractivity contribution < 1.29 is 9.59 Å². The quantitative estimate of drug-likeness (QED) is 0.860. The molecular formula is C15H21N3O2. The summed E-state index contributed by atoms with van der Waals surface area (Å²) in [6.07, 6.45) is 0. The Hall–Kier alpha value is -1.88. The Balaban J connectivity index is 2.03. The predicted molar refractivity (Wildman–Crippen MR) is 77.8 cm³/mol. The fourth-order valence-electron chi connectivity index (χ4n) is 2.16. The first-order valence-corrected chi connectivity index (χ1v) is 6.99. The molecule has 2 N–H and O–H groups in total. The number of nitrogens with zero attached hydrogens (tertiary/aromatic N) is 1. The van der Waals surface area contributed by atoms with Crippen LogP contribution in [0.4, 0.5) is 0 Å². The van der Waals surface area contributed by atoms with E-state index in [2.05, 4.69) is 10.6 Å². The van der Waals surface area contributed by atoms with Gasteiger partial charge in [0, 0.05) is 43.3 Å². The van der Waals surface area contributed by atoms with Crippen LogP contribution in [-0.4, -0.2) is 48.9 Å². The molecular weight excluding hydrogens is 254 g/mol. The molecule has 0 radical (unpaired) electrons. The van der Waals surface area contributed by atoms with E-state index in [9.17, 15) is 9.59 Å². The van der Waals surface area contributed by atoms with Gasteiger partial charge in [0.2, 0.25) is 0 Å². The molecule has 0 atom stereocenters. The highest BCUT2D eigenvalue weighted by Crippen LogP contribution is 2.09. The van der Waals surface area contributed by atoms with Crippen molar-refractivity contribution in [2.24, 2.45) is 0 Å². The molecule has 5 nitrogen and oxygen atoms in total. The molecule has 0 aliphatic carbocycles. The molecule has 1 aliphatic heterocycles. The summed E-state index contributed by atoms with van der Waals surface area (Å²) in [5.41, 5.74) is 1.21. The van der Waals surface area contributed by atoms with Crippen molar-refractivity contribution in [3.05, 3.63) is 35.4 Å². The molecule has 1 aliphatic rings. The molecule has 2 rings (SSSR count). The number of hydrogen-bond acceptors (Lipinski definition) is 3. The minimum Gasteiger partial charge on any atom is -0.350 e. The van der Waals surface area contributed by atoms with Crippen LogP contribution in [0.3, 0.4) is 0 Å². The molecule has 20 heavy (non-hydrogen) atoms. The van der Waals surface area contributed by atoms with Crippen molar-refractivity contribution in [3.8, 4) is 0 Å². The summed E-state index contributed by atoms with van der Waals surface area (Å²) in [4.78, 5) is 25.9. The Labute approximate surface area is 119 Å². The topological polar surface area (TPSA) is 61.4 Å². The molecule has 2 amide bonds. The van der Waals surface area contributed by atoms with E-state index in [1.54, 1.807) is 24.3 Å². The van der Waals surface area contributed by atoms with E-state index in [0.29, 0.717) is 11.1 Å². The van der Waals surface area contributed by atoms with Gasteiger partial charge in [0.25, 0.3) is 11.8 Å². The van der Waals surface area contributed by atoms with E-state index in [4.69, 9.17) is 0 Å². The highest BCUT2D eigenvalue weighted by molar-refractivity contribution is 5.97. The van der Waals surface area contributed by atoms with E-state index in [1.807, 2.05) is 18.7 Å². The third-order valence-electron chi connectivity index (χ3n) is 3.22. The average Bonchev–Trinajstić information content (AvgIpc) is 2.47. The maximum Gasteiger partial charge on any atom is 0.253 e. The zero-order chi connectivity index (χ0) is 14.5. The van der Waals surface area contributed by atoms with Crippen LogP contribution in [0.1, 0.15) is 34.6 Å². The van der Waals surface area contributed by atoms with Crippen molar-refractivity contribution in [2.75, 3.05) is 26.2 Å². The summed E-state index contributed by atoms with van der Waals surface area (Å²) in [5.74, 6) is -0.0801. The Kier molecular flexibility index (Phi) is 4.74. The lowest BCUT2D eigenvalue weighted by molar-refractivity contribution is 0.0735. The first-order valence-electron chi connectivity index (χ1n) is 6.99. The maximum absolute atomic E-state index is 12.3. The second kappa shape index (κ2) is 6.52. The van der Waals surface area contributed by atoms with Crippen molar-refractivity contribution in [3.63, 3.8) is 0 Å². The van der Waals surface area contributed by atoms with E-state index >= 15 is 0 Å². The molecule has 1 heterocycles. The number of amides is 2. The van der Waals surface area contributed by atoms with Gasteiger partial charge in [-0.05, 0) is 38.1 Å². The van der Waals surface area contributed by atoms with Crippen LogP contribution in [-0.2, 0) is 0 Å². The number of rotatable bonds is 3. The number of carbonyl (C=O) groups excluding carboxylic acids is 2. The summed E-state index contributed by atoms with van der Waals surface area (Å²) in [6.45, 7) is 6.96. The number of hydrogen-bond donors (Lipinski definition) is 2. The maximum atomic E-state index is 12.3. The van der Waals surface area contributed by atoms with Gasteiger partial charge in [-0.1, -0.05) is 0 Å². The van der Waals surface area contributed by atoms with Gasteiger partial charge in [-0.3, -0.25) is 9.59 Å². The normalized spacial score (nSPS) is 15.2. The minimum atomic E-state index is -0.110. The van der Waals surface area contributed by atoms with E-state index in [-0.39, 0.29) is 17.9 Å². The minimum absolute atomic E-state index is 0.0299. The Morgan fingerprint density at radius 3 is 2.20 bits per heavy atom. The van der Waals surface area contributed by atoms with Crippen LogP contribution in [0.15, 0.2) is 24.3 Å². The van der Waals surface area contributed by atoms with Gasteiger partial charge in [-0.15, -0.1) is 0 Å². The van der Waals surface area contributed by atoms with Crippen LogP contribution in [0, 0.1) is 0 Å². The molecule has 0 bridgehead atoms. The van der Waals surface area contributed by atoms with E-state index in [0.717, 1.165) is 26.2 Å². The van der Waals surface area contributed by atoms with Crippen LogP contribution in [0.25, 0.3) is 0 Å². The molecule has 1 aromatic rings. The molecule has 1 fully saturated rings. The SMILES string of the molecule is CC(C)NC(=O)c1ccc(C(=O)N2CCNCC2)cc1. The van der Waals surface area contributed by atoms with Crippen molar-refractivity contribution in [1.29, 1.82) is 0 Å². The summed E-state index contributed by atoms with van der Waals surface area (Å²) >= 11 is 0. The van der Waals surface area contributed by atoms with Gasteiger partial charge in [0.05, 0.1) is 0 Å². The van der Waals surface area contributed by atoms with Crippen molar-refractivity contribution in [1.82, 2.24) is 15.5 Å². The monoisotopic (exact) mass is 275 g/mol. The van der Waals surface area contributed by atoms with E-state index < -0.39 is 0 Å². The largest absolute Gasteiger partial charge is 0.350 e. The Morgan fingerprint density at radius 1 is 1.10 bits per heavy atom. The predicted octanol–water partition coefficient (Wildman–Crippen LogP) is 0.870. The lowest BCUT2D eigenvalue weighted by atomic mass is 10.1. The fourth-order valence-corrected chi connectivity index (χ4v) is 2.16. The number of carbonyl (C=O) groups is 2. The number of benzene rings is 1. The van der Waals surface area contributed by atoms with Crippen LogP contribution >= 0.6 is 0 Å². The summed E-state index contributed by atoms with van der Waals surface area (Å²) < 4.78 is 0. The van der Waals surface area contributed by atoms with Gasteiger partial charge in [0.15, 0.2) is 0 Å². The molecule has 108 valence electrons. The zero-order valence-corrected chi connectivity index (χ0v) is 12.0. The second-order valence-electron chi connectivity index (χ2n) is 5.25. The smallest absolute Gasteiger partial charge is 0.253 e. The fraction of sp³-hybridized carbons (Fsp3) is 0.467. The lowest BCUT2D eigenvalue weighted by Crippen LogP contribution is -2.46. The molecule has 1 aromatic carbocycles. The Bertz CT molecular complexity index is 476. The van der Waals surface area contributed by atoms with Crippen LogP contribution < -0.4 is 10.6 Å². The molecule has 0 aromatic heterocycles. The van der Waals surface area contributed by atoms with Crippen LogP contribution in [0.5, 0.6) is 0 Å². The zero-order valence-electron chi connectivity index (χ0n) is 12.0. The van der Waals surface area contributed by atoms with Crippen LogP contribution in [0.2, 0.25) is 0 Å². The molecule has 0 saturated carbocycles. The van der Waals surface area contributed by atoms with Gasteiger partial charge in [-0.25, -0.2) is 0 Å². The number of nitrogens with one attached hydrogen (secondary N) is 2. The second-order valence-corrected chi connectivity index (χ2v) is 5.25. The first kappa shape index (κ1) is 14.5. The average molecular weight is 275 g/mol. The lowest BCUT2D eigenvalue weighted by Gasteiger charge is -2.27. The summed E-state index contributed by atoms with van der Waals surface area (Å²) in [5, 5.41) is 6.04. The highest BCUT2D eigenvalue weighted by atomic mass is 16.2. The molecule has 5 heteroatoms. The third kappa shape index (κ3) is 3.57.